The minimum atomic E-state index is -0.969. The van der Waals surface area contributed by atoms with Crippen LogP contribution in [-0.2, 0) is 4.79 Å². The summed E-state index contributed by atoms with van der Waals surface area (Å²) >= 11 is 6.25. The molecule has 0 spiro atoms. The Morgan fingerprint density at radius 1 is 1.33 bits per heavy atom. The molecule has 1 N–H and O–H groups in total. The molecule has 4 heteroatoms. The monoisotopic (exact) mass is 309 g/mol. The summed E-state index contributed by atoms with van der Waals surface area (Å²) < 4.78 is 0. The van der Waals surface area contributed by atoms with E-state index in [9.17, 15) is 4.79 Å². The molecule has 0 amide bonds. The molecule has 0 aliphatic heterocycles. The van der Waals surface area contributed by atoms with Crippen molar-refractivity contribution in [3.8, 4) is 0 Å². The van der Waals surface area contributed by atoms with Gasteiger partial charge in [-0.3, -0.25) is 0 Å². The molecule has 0 saturated carbocycles. The SMILES string of the molecule is CCC(CC)CN(CC)c1cccc(Cl)c1C=CC(=O)O. The first-order chi connectivity index (χ1) is 10.0. The number of hydrogen-bond acceptors (Lipinski definition) is 2. The van der Waals surface area contributed by atoms with E-state index in [4.69, 9.17) is 16.7 Å². The van der Waals surface area contributed by atoms with E-state index >= 15 is 0 Å². The van der Waals surface area contributed by atoms with Gasteiger partial charge in [-0.05, 0) is 31.1 Å². The van der Waals surface area contributed by atoms with Crippen molar-refractivity contribution in [2.45, 2.75) is 33.6 Å². The lowest BCUT2D eigenvalue weighted by atomic mass is 10.0. The molecule has 0 atom stereocenters. The van der Waals surface area contributed by atoms with Crippen molar-refractivity contribution in [1.29, 1.82) is 0 Å². The second-order valence-corrected chi connectivity index (χ2v) is 5.47. The van der Waals surface area contributed by atoms with Crippen molar-refractivity contribution >= 4 is 29.3 Å². The van der Waals surface area contributed by atoms with Gasteiger partial charge >= 0.3 is 5.97 Å². The van der Waals surface area contributed by atoms with Gasteiger partial charge in [-0.2, -0.15) is 0 Å². The van der Waals surface area contributed by atoms with E-state index in [-0.39, 0.29) is 0 Å². The number of carboxylic acids is 1. The lowest BCUT2D eigenvalue weighted by Gasteiger charge is -2.29. The van der Waals surface area contributed by atoms with Gasteiger partial charge in [0.05, 0.1) is 0 Å². The Hall–Kier alpha value is -1.48. The van der Waals surface area contributed by atoms with E-state index in [1.807, 2.05) is 12.1 Å². The normalized spacial score (nSPS) is 11.3. The smallest absolute Gasteiger partial charge is 0.328 e. The average Bonchev–Trinajstić information content (AvgIpc) is 2.47. The molecule has 3 nitrogen and oxygen atoms in total. The van der Waals surface area contributed by atoms with Gasteiger partial charge in [0.15, 0.2) is 0 Å². The first-order valence-corrected chi connectivity index (χ1v) is 7.85. The van der Waals surface area contributed by atoms with Gasteiger partial charge in [0, 0.05) is 35.4 Å². The summed E-state index contributed by atoms with van der Waals surface area (Å²) in [5.41, 5.74) is 1.77. The Morgan fingerprint density at radius 2 is 2.00 bits per heavy atom. The van der Waals surface area contributed by atoms with Gasteiger partial charge in [-0.15, -0.1) is 0 Å². The molecule has 116 valence electrons. The molecule has 1 aromatic carbocycles. The molecule has 0 radical (unpaired) electrons. The average molecular weight is 310 g/mol. The van der Waals surface area contributed by atoms with Crippen LogP contribution in [0.4, 0.5) is 5.69 Å². The molecule has 0 bridgehead atoms. The van der Waals surface area contributed by atoms with E-state index in [1.54, 1.807) is 12.1 Å². The largest absolute Gasteiger partial charge is 0.478 e. The molecule has 0 aliphatic rings. The summed E-state index contributed by atoms with van der Waals surface area (Å²) in [6, 6.07) is 5.70. The van der Waals surface area contributed by atoms with Crippen LogP contribution >= 0.6 is 11.6 Å². The number of carboxylic acid groups (broad SMARTS) is 1. The summed E-state index contributed by atoms with van der Waals surface area (Å²) in [6.45, 7) is 8.33. The van der Waals surface area contributed by atoms with E-state index < -0.39 is 5.97 Å². The first-order valence-electron chi connectivity index (χ1n) is 7.47. The minimum Gasteiger partial charge on any atom is -0.478 e. The molecular formula is C17H24ClNO2. The molecule has 0 fully saturated rings. The number of halogens is 1. The maximum absolute atomic E-state index is 10.8. The molecular weight excluding hydrogens is 286 g/mol. The molecule has 0 saturated heterocycles. The fourth-order valence-corrected chi connectivity index (χ4v) is 2.61. The van der Waals surface area contributed by atoms with Crippen molar-refractivity contribution in [3.63, 3.8) is 0 Å². The summed E-state index contributed by atoms with van der Waals surface area (Å²) in [7, 11) is 0. The van der Waals surface area contributed by atoms with Gasteiger partial charge in [-0.25, -0.2) is 4.79 Å². The number of rotatable bonds is 8. The third-order valence-corrected chi connectivity index (χ3v) is 4.11. The van der Waals surface area contributed by atoms with Gasteiger partial charge in [0.2, 0.25) is 0 Å². The van der Waals surface area contributed by atoms with Crippen molar-refractivity contribution in [1.82, 2.24) is 0 Å². The van der Waals surface area contributed by atoms with E-state index in [1.165, 1.54) is 0 Å². The molecule has 21 heavy (non-hydrogen) atoms. The van der Waals surface area contributed by atoms with Gasteiger partial charge < -0.3 is 10.0 Å². The zero-order valence-electron chi connectivity index (χ0n) is 13.0. The van der Waals surface area contributed by atoms with E-state index in [0.717, 1.165) is 43.3 Å². The zero-order chi connectivity index (χ0) is 15.8. The molecule has 1 rings (SSSR count). The first kappa shape index (κ1) is 17.6. The van der Waals surface area contributed by atoms with Crippen molar-refractivity contribution in [2.24, 2.45) is 5.92 Å². The Kier molecular flexibility index (Phi) is 7.30. The summed E-state index contributed by atoms with van der Waals surface area (Å²) in [5, 5.41) is 9.41. The number of nitrogens with zero attached hydrogens (tertiary/aromatic N) is 1. The van der Waals surface area contributed by atoms with Crippen LogP contribution in [0.3, 0.4) is 0 Å². The highest BCUT2D eigenvalue weighted by Crippen LogP contribution is 2.30. The molecule has 0 aliphatic carbocycles. The predicted octanol–water partition coefficient (Wildman–Crippen LogP) is 4.70. The summed E-state index contributed by atoms with van der Waals surface area (Å²) in [6.07, 6.45) is 4.98. The van der Waals surface area contributed by atoms with Crippen molar-refractivity contribution in [3.05, 3.63) is 34.9 Å². The fraction of sp³-hybridized carbons (Fsp3) is 0.471. The highest BCUT2D eigenvalue weighted by atomic mass is 35.5. The quantitative estimate of drug-likeness (QED) is 0.708. The standard InChI is InChI=1S/C17H24ClNO2/c1-4-13(5-2)12-19(6-3)16-9-7-8-15(18)14(16)10-11-17(20)21/h7-11,13H,4-6,12H2,1-3H3,(H,20,21). The number of benzene rings is 1. The summed E-state index contributed by atoms with van der Waals surface area (Å²) in [5.74, 6) is -0.343. The number of hydrogen-bond donors (Lipinski definition) is 1. The van der Waals surface area contributed by atoms with Crippen LogP contribution in [0.25, 0.3) is 6.08 Å². The van der Waals surface area contributed by atoms with E-state index in [2.05, 4.69) is 25.7 Å². The third kappa shape index (κ3) is 5.09. The third-order valence-electron chi connectivity index (χ3n) is 3.78. The second-order valence-electron chi connectivity index (χ2n) is 5.07. The maximum atomic E-state index is 10.8. The van der Waals surface area contributed by atoms with Crippen molar-refractivity contribution in [2.75, 3.05) is 18.0 Å². The Balaban J connectivity index is 3.14. The predicted molar refractivity (Wildman–Crippen MR) is 90.1 cm³/mol. The number of aliphatic carboxylic acids is 1. The Bertz CT molecular complexity index is 496. The van der Waals surface area contributed by atoms with Gasteiger partial charge in [0.25, 0.3) is 0 Å². The van der Waals surface area contributed by atoms with Crippen LogP contribution in [-0.4, -0.2) is 24.2 Å². The van der Waals surface area contributed by atoms with Crippen LogP contribution < -0.4 is 4.90 Å². The van der Waals surface area contributed by atoms with Crippen LogP contribution in [0.5, 0.6) is 0 Å². The number of carbonyl (C=O) groups is 1. The van der Waals surface area contributed by atoms with Crippen LogP contribution in [0.15, 0.2) is 24.3 Å². The van der Waals surface area contributed by atoms with Crippen molar-refractivity contribution < 1.29 is 9.90 Å². The number of anilines is 1. The topological polar surface area (TPSA) is 40.5 Å². The van der Waals surface area contributed by atoms with Gasteiger partial charge in [0.1, 0.15) is 0 Å². The fourth-order valence-electron chi connectivity index (χ4n) is 2.38. The van der Waals surface area contributed by atoms with Crippen LogP contribution in [0.2, 0.25) is 5.02 Å². The van der Waals surface area contributed by atoms with Crippen LogP contribution in [0.1, 0.15) is 39.2 Å². The lowest BCUT2D eigenvalue weighted by molar-refractivity contribution is -0.131. The van der Waals surface area contributed by atoms with Crippen LogP contribution in [0, 0.1) is 5.92 Å². The highest BCUT2D eigenvalue weighted by molar-refractivity contribution is 6.32. The van der Waals surface area contributed by atoms with E-state index in [0.29, 0.717) is 10.9 Å². The molecule has 0 heterocycles. The Labute approximate surface area is 132 Å². The second kappa shape index (κ2) is 8.73. The molecule has 0 aromatic heterocycles. The molecule has 0 unspecified atom stereocenters. The molecule has 1 aromatic rings. The summed E-state index contributed by atoms with van der Waals surface area (Å²) in [4.78, 5) is 13.0. The maximum Gasteiger partial charge on any atom is 0.328 e. The minimum absolute atomic E-state index is 0.577. The highest BCUT2D eigenvalue weighted by Gasteiger charge is 2.14. The van der Waals surface area contributed by atoms with Gasteiger partial charge in [-0.1, -0.05) is 44.4 Å². The Morgan fingerprint density at radius 3 is 2.52 bits per heavy atom. The zero-order valence-corrected chi connectivity index (χ0v) is 13.7. The lowest BCUT2D eigenvalue weighted by Crippen LogP contribution is -2.29.